The van der Waals surface area contributed by atoms with Gasteiger partial charge in [0.05, 0.1) is 15.4 Å². The lowest BCUT2D eigenvalue weighted by atomic mass is 10.1. The highest BCUT2D eigenvalue weighted by Crippen LogP contribution is 2.28. The highest BCUT2D eigenvalue weighted by molar-refractivity contribution is 7.12. The number of anilines is 1. The van der Waals surface area contributed by atoms with E-state index in [4.69, 9.17) is 4.74 Å². The number of ketones is 1. The van der Waals surface area contributed by atoms with Gasteiger partial charge in [-0.2, -0.15) is 0 Å². The quantitative estimate of drug-likeness (QED) is 0.349. The molecule has 8 heteroatoms. The van der Waals surface area contributed by atoms with Crippen LogP contribution in [-0.4, -0.2) is 37.4 Å². The molecule has 1 aromatic heterocycles. The summed E-state index contributed by atoms with van der Waals surface area (Å²) in [5.41, 5.74) is 0.205. The van der Waals surface area contributed by atoms with Crippen LogP contribution in [0.5, 0.6) is 0 Å². The third kappa shape index (κ3) is 3.92. The van der Waals surface area contributed by atoms with Gasteiger partial charge < -0.3 is 9.64 Å². The number of thiophene rings is 1. The number of rotatable bonds is 6. The van der Waals surface area contributed by atoms with E-state index in [9.17, 15) is 19.7 Å². The van der Waals surface area contributed by atoms with E-state index in [1.807, 2.05) is 0 Å². The van der Waals surface area contributed by atoms with E-state index in [0.717, 1.165) is 6.07 Å². The summed E-state index contributed by atoms with van der Waals surface area (Å²) in [5, 5.41) is 12.8. The molecular formula is C15H14N2O5S. The highest BCUT2D eigenvalue weighted by atomic mass is 32.1. The zero-order valence-electron chi connectivity index (χ0n) is 12.5. The van der Waals surface area contributed by atoms with Gasteiger partial charge in [-0.1, -0.05) is 6.07 Å². The fourth-order valence-electron chi connectivity index (χ4n) is 1.90. The van der Waals surface area contributed by atoms with Crippen LogP contribution in [0.15, 0.2) is 35.7 Å². The van der Waals surface area contributed by atoms with Gasteiger partial charge in [0.1, 0.15) is 5.69 Å². The molecule has 0 atom stereocenters. The maximum Gasteiger partial charge on any atom is 0.338 e. The van der Waals surface area contributed by atoms with Gasteiger partial charge in [0.25, 0.3) is 5.69 Å². The van der Waals surface area contributed by atoms with Crippen LogP contribution in [0.3, 0.4) is 0 Å². The predicted molar refractivity (Wildman–Crippen MR) is 86.4 cm³/mol. The minimum atomic E-state index is -0.775. The molecule has 1 aromatic carbocycles. The molecule has 0 saturated carbocycles. The van der Waals surface area contributed by atoms with Crippen molar-refractivity contribution in [2.75, 3.05) is 25.6 Å². The van der Waals surface area contributed by atoms with E-state index in [1.54, 1.807) is 36.5 Å². The van der Waals surface area contributed by atoms with Crippen molar-refractivity contribution in [3.8, 4) is 0 Å². The van der Waals surface area contributed by atoms with Crippen LogP contribution >= 0.6 is 11.3 Å². The average Bonchev–Trinajstić information content (AvgIpc) is 3.05. The Balaban J connectivity index is 2.12. The van der Waals surface area contributed by atoms with Crippen molar-refractivity contribution in [3.05, 3.63) is 56.3 Å². The van der Waals surface area contributed by atoms with Gasteiger partial charge >= 0.3 is 5.97 Å². The summed E-state index contributed by atoms with van der Waals surface area (Å²) >= 11 is 1.25. The lowest BCUT2D eigenvalue weighted by Crippen LogP contribution is -2.15. The molecule has 0 radical (unpaired) electrons. The first-order valence-electron chi connectivity index (χ1n) is 6.59. The van der Waals surface area contributed by atoms with E-state index < -0.39 is 17.5 Å². The van der Waals surface area contributed by atoms with Crippen LogP contribution in [0.1, 0.15) is 20.0 Å². The molecule has 0 spiro atoms. The molecular weight excluding hydrogens is 320 g/mol. The number of carbonyl (C=O) groups is 2. The first kappa shape index (κ1) is 16.6. The van der Waals surface area contributed by atoms with Crippen LogP contribution in [0.4, 0.5) is 11.4 Å². The van der Waals surface area contributed by atoms with Crippen molar-refractivity contribution < 1.29 is 19.2 Å². The molecule has 0 aliphatic heterocycles. The monoisotopic (exact) mass is 334 g/mol. The summed E-state index contributed by atoms with van der Waals surface area (Å²) in [5.74, 6) is -1.09. The summed E-state index contributed by atoms with van der Waals surface area (Å²) in [4.78, 5) is 36.3. The molecule has 2 rings (SSSR count). The molecule has 0 aliphatic carbocycles. The van der Waals surface area contributed by atoms with E-state index in [-0.39, 0.29) is 17.0 Å². The molecule has 0 aliphatic rings. The number of nitro benzene ring substituents is 1. The minimum absolute atomic E-state index is 0.0290. The van der Waals surface area contributed by atoms with Crippen LogP contribution in [0.2, 0.25) is 0 Å². The number of ether oxygens (including phenoxy) is 1. The third-order valence-electron chi connectivity index (χ3n) is 3.02. The maximum absolute atomic E-state index is 12.0. The van der Waals surface area contributed by atoms with Crippen molar-refractivity contribution in [2.45, 2.75) is 0 Å². The summed E-state index contributed by atoms with van der Waals surface area (Å²) in [6.07, 6.45) is 0. The van der Waals surface area contributed by atoms with Gasteiger partial charge in [0, 0.05) is 20.2 Å². The molecule has 2 aromatic rings. The molecule has 0 unspecified atom stereocenters. The molecule has 0 amide bonds. The van der Waals surface area contributed by atoms with Crippen LogP contribution in [-0.2, 0) is 4.74 Å². The number of nitrogens with zero attached hydrogens (tertiary/aromatic N) is 2. The zero-order chi connectivity index (χ0) is 17.0. The lowest BCUT2D eigenvalue weighted by Gasteiger charge is -2.13. The Hall–Kier alpha value is -2.74. The summed E-state index contributed by atoms with van der Waals surface area (Å²) in [7, 11) is 3.33. The van der Waals surface area contributed by atoms with E-state index in [0.29, 0.717) is 10.6 Å². The number of Topliss-reactive ketones (excluding diaryl/α,β-unsaturated/α-hetero) is 1. The molecule has 0 saturated heterocycles. The molecule has 1 heterocycles. The van der Waals surface area contributed by atoms with Gasteiger partial charge in [0.15, 0.2) is 6.61 Å². The fourth-order valence-corrected chi connectivity index (χ4v) is 2.55. The smallest absolute Gasteiger partial charge is 0.338 e. The molecule has 23 heavy (non-hydrogen) atoms. The molecule has 120 valence electrons. The number of nitro groups is 1. The van der Waals surface area contributed by atoms with Crippen LogP contribution < -0.4 is 4.90 Å². The van der Waals surface area contributed by atoms with Crippen molar-refractivity contribution in [1.82, 2.24) is 0 Å². The average molecular weight is 334 g/mol. The number of esters is 1. The molecule has 7 nitrogen and oxygen atoms in total. The molecule has 0 N–H and O–H groups in total. The predicted octanol–water partition coefficient (Wildman–Crippen LogP) is 2.76. The third-order valence-corrected chi connectivity index (χ3v) is 3.93. The first-order valence-corrected chi connectivity index (χ1v) is 7.47. The van der Waals surface area contributed by atoms with Crippen molar-refractivity contribution in [3.63, 3.8) is 0 Å². The van der Waals surface area contributed by atoms with E-state index >= 15 is 0 Å². The normalized spacial score (nSPS) is 10.2. The Morgan fingerprint density at radius 2 is 2.04 bits per heavy atom. The minimum Gasteiger partial charge on any atom is -0.454 e. The maximum atomic E-state index is 12.0. The summed E-state index contributed by atoms with van der Waals surface area (Å²) < 4.78 is 4.93. The standard InChI is InChI=1S/C15H14N2O5S/c1-16(2)11-6-5-10(8-12(11)17(20)21)15(19)22-9-13(18)14-4-3-7-23-14/h3-8H,9H2,1-2H3. The van der Waals surface area contributed by atoms with Gasteiger partial charge in [-0.05, 0) is 23.6 Å². The van der Waals surface area contributed by atoms with Gasteiger partial charge in [-0.15, -0.1) is 11.3 Å². The van der Waals surface area contributed by atoms with E-state index in [1.165, 1.54) is 23.5 Å². The highest BCUT2D eigenvalue weighted by Gasteiger charge is 2.20. The molecule has 0 bridgehead atoms. The number of carbonyl (C=O) groups excluding carboxylic acids is 2. The number of benzene rings is 1. The zero-order valence-corrected chi connectivity index (χ0v) is 13.3. The fraction of sp³-hybridized carbons (Fsp3) is 0.200. The second kappa shape index (κ2) is 7.01. The second-order valence-corrected chi connectivity index (χ2v) is 5.78. The summed E-state index contributed by atoms with van der Waals surface area (Å²) in [6, 6.07) is 7.41. The molecule has 0 fully saturated rings. The van der Waals surface area contributed by atoms with Gasteiger partial charge in [0.2, 0.25) is 5.78 Å². The van der Waals surface area contributed by atoms with Crippen molar-refractivity contribution >= 4 is 34.5 Å². The SMILES string of the molecule is CN(C)c1ccc(C(=O)OCC(=O)c2cccs2)cc1[N+](=O)[O-]. The Bertz CT molecular complexity index is 740. The Morgan fingerprint density at radius 3 is 2.61 bits per heavy atom. The van der Waals surface area contributed by atoms with Crippen molar-refractivity contribution in [1.29, 1.82) is 0 Å². The van der Waals surface area contributed by atoms with Gasteiger partial charge in [-0.25, -0.2) is 4.79 Å². The van der Waals surface area contributed by atoms with Gasteiger partial charge in [-0.3, -0.25) is 14.9 Å². The Kier molecular flexibility index (Phi) is 5.07. The topological polar surface area (TPSA) is 89.8 Å². The van der Waals surface area contributed by atoms with Crippen molar-refractivity contribution in [2.24, 2.45) is 0 Å². The number of hydrogen-bond donors (Lipinski definition) is 0. The Morgan fingerprint density at radius 1 is 1.30 bits per heavy atom. The second-order valence-electron chi connectivity index (χ2n) is 4.83. The first-order chi connectivity index (χ1) is 10.9. The Labute approximate surface area is 136 Å². The summed E-state index contributed by atoms with van der Waals surface area (Å²) in [6.45, 7) is -0.400. The largest absolute Gasteiger partial charge is 0.454 e. The van der Waals surface area contributed by atoms with Crippen LogP contribution in [0, 0.1) is 10.1 Å². The lowest BCUT2D eigenvalue weighted by molar-refractivity contribution is -0.384. The van der Waals surface area contributed by atoms with Crippen LogP contribution in [0.25, 0.3) is 0 Å². The number of hydrogen-bond acceptors (Lipinski definition) is 7. The van der Waals surface area contributed by atoms with E-state index in [2.05, 4.69) is 0 Å².